The highest BCUT2D eigenvalue weighted by molar-refractivity contribution is 7.88. The largest absolute Gasteiger partial charge is 0.343 e. The smallest absolute Gasteiger partial charge is 0.323 e. The second kappa shape index (κ2) is 5.43. The molecule has 0 spiro atoms. The third-order valence-corrected chi connectivity index (χ3v) is 5.61. The van der Waals surface area contributed by atoms with E-state index < -0.39 is 37.0 Å². The van der Waals surface area contributed by atoms with E-state index >= 15 is 0 Å². The number of hydrogen-bond acceptors (Lipinski definition) is 4. The molecule has 0 aromatic carbocycles. The molecular formula is C4H14N2O8P2S. The Morgan fingerprint density at radius 1 is 0.882 bits per heavy atom. The van der Waals surface area contributed by atoms with Crippen LogP contribution in [-0.4, -0.2) is 39.6 Å². The summed E-state index contributed by atoms with van der Waals surface area (Å²) in [6.07, 6.45) is 0. The van der Waals surface area contributed by atoms with Crippen molar-refractivity contribution >= 4 is 25.4 Å². The molecule has 0 saturated heterocycles. The van der Waals surface area contributed by atoms with Crippen molar-refractivity contribution in [1.82, 2.24) is 9.44 Å². The van der Waals surface area contributed by atoms with E-state index in [1.807, 2.05) is 0 Å². The molecule has 0 radical (unpaired) electrons. The molecule has 0 aromatic heterocycles. The van der Waals surface area contributed by atoms with E-state index in [9.17, 15) is 17.5 Å². The first-order valence-electron chi connectivity index (χ1n) is 4.16. The fraction of sp³-hybridized carbons (Fsp3) is 1.00. The van der Waals surface area contributed by atoms with Gasteiger partial charge in [0.05, 0.1) is 0 Å². The summed E-state index contributed by atoms with van der Waals surface area (Å²) in [5, 5.41) is 0. The molecule has 0 saturated carbocycles. The summed E-state index contributed by atoms with van der Waals surface area (Å²) < 4.78 is 46.9. The van der Waals surface area contributed by atoms with Gasteiger partial charge in [-0.2, -0.15) is 17.9 Å². The Bertz CT molecular complexity index is 414. The van der Waals surface area contributed by atoms with Crippen molar-refractivity contribution in [3.05, 3.63) is 0 Å². The van der Waals surface area contributed by atoms with Crippen LogP contribution >= 0.6 is 15.2 Å². The average molecular weight is 312 g/mol. The lowest BCUT2D eigenvalue weighted by Gasteiger charge is -2.19. The quantitative estimate of drug-likeness (QED) is 0.320. The van der Waals surface area contributed by atoms with E-state index in [0.29, 0.717) is 0 Å². The first-order chi connectivity index (χ1) is 7.26. The molecule has 2 unspecified atom stereocenters. The molecule has 17 heavy (non-hydrogen) atoms. The molecule has 0 aromatic rings. The maximum atomic E-state index is 11.2. The van der Waals surface area contributed by atoms with E-state index in [4.69, 9.17) is 19.6 Å². The second-order valence-electron chi connectivity index (χ2n) is 3.27. The predicted molar refractivity (Wildman–Crippen MR) is 58.2 cm³/mol. The molecule has 0 fully saturated rings. The highest BCUT2D eigenvalue weighted by atomic mass is 32.2. The second-order valence-corrected chi connectivity index (χ2v) is 8.65. The standard InChI is InChI=1S/C4H14N2O8P2S/c1-3(15(7,8)9)5-17(13,14)6-4(2)16(10,11)12/h3-6H,1-2H3,(H2,7,8,9)(H2,10,11,12). The summed E-state index contributed by atoms with van der Waals surface area (Å²) in [7, 11) is -13.8. The Morgan fingerprint density at radius 2 is 1.12 bits per heavy atom. The van der Waals surface area contributed by atoms with Gasteiger partial charge in [-0.3, -0.25) is 9.13 Å². The first kappa shape index (κ1) is 17.2. The van der Waals surface area contributed by atoms with E-state index in [1.165, 1.54) is 0 Å². The fourth-order valence-corrected chi connectivity index (χ4v) is 3.52. The van der Waals surface area contributed by atoms with Crippen molar-refractivity contribution in [2.24, 2.45) is 0 Å². The van der Waals surface area contributed by atoms with Gasteiger partial charge in [-0.25, -0.2) is 0 Å². The number of nitrogens with one attached hydrogen (secondary N) is 2. The van der Waals surface area contributed by atoms with Crippen molar-refractivity contribution in [1.29, 1.82) is 0 Å². The highest BCUT2D eigenvalue weighted by Gasteiger charge is 2.32. The molecule has 6 N–H and O–H groups in total. The lowest BCUT2D eigenvalue weighted by atomic mass is 10.8. The Balaban J connectivity index is 4.74. The molecule has 13 heteroatoms. The first-order valence-corrected chi connectivity index (χ1v) is 9.00. The van der Waals surface area contributed by atoms with Gasteiger partial charge in [-0.15, -0.1) is 0 Å². The van der Waals surface area contributed by atoms with Crippen LogP contribution in [0.5, 0.6) is 0 Å². The van der Waals surface area contributed by atoms with Gasteiger partial charge in [0.2, 0.25) is 0 Å². The van der Waals surface area contributed by atoms with Crippen LogP contribution in [0.25, 0.3) is 0 Å². The monoisotopic (exact) mass is 312 g/mol. The Morgan fingerprint density at radius 3 is 1.29 bits per heavy atom. The SMILES string of the molecule is CC(NS(=O)(=O)NC(C)P(=O)(O)O)P(=O)(O)O. The van der Waals surface area contributed by atoms with Gasteiger partial charge in [0.15, 0.2) is 0 Å². The molecule has 0 amide bonds. The third kappa shape index (κ3) is 6.61. The van der Waals surface area contributed by atoms with Crippen LogP contribution in [0.2, 0.25) is 0 Å². The Labute approximate surface area is 97.9 Å². The predicted octanol–water partition coefficient (Wildman–Crippen LogP) is -1.54. The third-order valence-electron chi connectivity index (χ3n) is 1.66. The van der Waals surface area contributed by atoms with Crippen LogP contribution in [0.1, 0.15) is 13.8 Å². The fourth-order valence-electron chi connectivity index (χ4n) is 0.620. The minimum Gasteiger partial charge on any atom is -0.323 e. The summed E-state index contributed by atoms with van der Waals surface area (Å²) >= 11 is 0. The van der Waals surface area contributed by atoms with Crippen molar-refractivity contribution < 1.29 is 37.1 Å². The van der Waals surface area contributed by atoms with E-state index in [0.717, 1.165) is 13.8 Å². The Hall–Kier alpha value is 0.170. The van der Waals surface area contributed by atoms with Gasteiger partial charge < -0.3 is 19.6 Å². The molecule has 0 aliphatic rings. The summed E-state index contributed by atoms with van der Waals surface area (Å²) in [5.41, 5.74) is 0. The van der Waals surface area contributed by atoms with Crippen LogP contribution in [0, 0.1) is 0 Å². The van der Waals surface area contributed by atoms with Crippen molar-refractivity contribution in [3.63, 3.8) is 0 Å². The molecule has 104 valence electrons. The lowest BCUT2D eigenvalue weighted by molar-refractivity contribution is 0.355. The van der Waals surface area contributed by atoms with Crippen LogP contribution in [0.3, 0.4) is 0 Å². The molecule has 0 aliphatic heterocycles. The molecule has 0 rings (SSSR count). The van der Waals surface area contributed by atoms with Gasteiger partial charge in [0.25, 0.3) is 10.2 Å². The molecular weight excluding hydrogens is 298 g/mol. The molecule has 0 bridgehead atoms. The van der Waals surface area contributed by atoms with Gasteiger partial charge in [0, 0.05) is 0 Å². The van der Waals surface area contributed by atoms with Crippen molar-refractivity contribution in [2.75, 3.05) is 0 Å². The summed E-state index contributed by atoms with van der Waals surface area (Å²) in [4.78, 5) is 34.6. The molecule has 2 atom stereocenters. The van der Waals surface area contributed by atoms with E-state index in [2.05, 4.69) is 0 Å². The van der Waals surface area contributed by atoms with Gasteiger partial charge in [-0.05, 0) is 13.8 Å². The molecule has 0 aliphatic carbocycles. The van der Waals surface area contributed by atoms with Crippen LogP contribution in [0.15, 0.2) is 0 Å². The maximum absolute atomic E-state index is 11.2. The normalized spacial score (nSPS) is 17.8. The topological polar surface area (TPSA) is 173 Å². The van der Waals surface area contributed by atoms with Crippen molar-refractivity contribution in [2.45, 2.75) is 25.4 Å². The van der Waals surface area contributed by atoms with Gasteiger partial charge in [0.1, 0.15) is 11.6 Å². The summed E-state index contributed by atoms with van der Waals surface area (Å²) in [6.45, 7) is 1.84. The lowest BCUT2D eigenvalue weighted by Crippen LogP contribution is -2.44. The zero-order chi connectivity index (χ0) is 14.1. The molecule has 10 nitrogen and oxygen atoms in total. The minimum absolute atomic E-state index is 0.919. The Kier molecular flexibility index (Phi) is 5.49. The number of hydrogen-bond donors (Lipinski definition) is 6. The zero-order valence-corrected chi connectivity index (χ0v) is 11.5. The summed E-state index contributed by atoms with van der Waals surface area (Å²) in [6, 6.07) is 0. The zero-order valence-electron chi connectivity index (χ0n) is 8.88. The van der Waals surface area contributed by atoms with E-state index in [-0.39, 0.29) is 0 Å². The summed E-state index contributed by atoms with van der Waals surface area (Å²) in [5.74, 6) is -3.41. The molecule has 0 heterocycles. The minimum atomic E-state index is -4.66. The number of rotatable bonds is 6. The highest BCUT2D eigenvalue weighted by Crippen LogP contribution is 2.41. The maximum Gasteiger partial charge on any atom is 0.343 e. The average Bonchev–Trinajstić information content (AvgIpc) is 1.97. The van der Waals surface area contributed by atoms with Crippen molar-refractivity contribution in [3.8, 4) is 0 Å². The van der Waals surface area contributed by atoms with Crippen LogP contribution in [-0.2, 0) is 19.3 Å². The van der Waals surface area contributed by atoms with Gasteiger partial charge >= 0.3 is 15.2 Å². The van der Waals surface area contributed by atoms with E-state index in [1.54, 1.807) is 9.44 Å². The van der Waals surface area contributed by atoms with Gasteiger partial charge in [-0.1, -0.05) is 0 Å². The van der Waals surface area contributed by atoms with Crippen LogP contribution < -0.4 is 9.44 Å². The van der Waals surface area contributed by atoms with Crippen LogP contribution in [0.4, 0.5) is 0 Å².